The Morgan fingerprint density at radius 1 is 1.53 bits per heavy atom. The molecule has 0 saturated carbocycles. The highest BCUT2D eigenvalue weighted by atomic mass is 15.3. The van der Waals surface area contributed by atoms with Crippen molar-refractivity contribution in [2.75, 3.05) is 13.1 Å². The minimum atomic E-state index is 0.773. The van der Waals surface area contributed by atoms with Gasteiger partial charge in [-0.3, -0.25) is 4.68 Å². The van der Waals surface area contributed by atoms with E-state index in [0.717, 1.165) is 31.3 Å². The Labute approximate surface area is 92.1 Å². The van der Waals surface area contributed by atoms with Gasteiger partial charge in [0.1, 0.15) is 12.2 Å². The fraction of sp³-hybridized carbons (Fsp3) is 0.818. The fourth-order valence-corrected chi connectivity index (χ4v) is 1.69. The Balaban J connectivity index is 2.09. The molecule has 1 N–H and O–H groups in total. The molecule has 0 aliphatic heterocycles. The van der Waals surface area contributed by atoms with Gasteiger partial charge in [0.25, 0.3) is 0 Å². The van der Waals surface area contributed by atoms with Gasteiger partial charge >= 0.3 is 0 Å². The monoisotopic (exact) mass is 210 g/mol. The summed E-state index contributed by atoms with van der Waals surface area (Å²) in [6, 6.07) is 0. The first-order valence-electron chi connectivity index (χ1n) is 5.77. The number of nitrogens with zero attached hydrogens (tertiary/aromatic N) is 3. The molecule has 0 bridgehead atoms. The van der Waals surface area contributed by atoms with E-state index in [1.54, 1.807) is 6.33 Å². The predicted molar refractivity (Wildman–Crippen MR) is 61.6 cm³/mol. The van der Waals surface area contributed by atoms with Crippen molar-refractivity contribution in [1.82, 2.24) is 20.1 Å². The van der Waals surface area contributed by atoms with Crippen molar-refractivity contribution in [2.45, 2.75) is 33.1 Å². The van der Waals surface area contributed by atoms with Crippen molar-refractivity contribution in [3.8, 4) is 0 Å². The quantitative estimate of drug-likeness (QED) is 0.691. The fourth-order valence-electron chi connectivity index (χ4n) is 1.69. The van der Waals surface area contributed by atoms with Crippen molar-refractivity contribution in [3.63, 3.8) is 0 Å². The molecule has 86 valence electrons. The average Bonchev–Trinajstić information content (AvgIpc) is 2.60. The highest BCUT2D eigenvalue weighted by Crippen LogP contribution is 2.02. The Morgan fingerprint density at radius 2 is 2.33 bits per heavy atom. The van der Waals surface area contributed by atoms with Gasteiger partial charge in [-0.25, -0.2) is 4.98 Å². The van der Waals surface area contributed by atoms with Crippen LogP contribution in [0.1, 0.15) is 32.5 Å². The lowest BCUT2D eigenvalue weighted by Crippen LogP contribution is -2.24. The van der Waals surface area contributed by atoms with E-state index in [1.165, 1.54) is 12.8 Å². The van der Waals surface area contributed by atoms with Crippen molar-refractivity contribution < 1.29 is 0 Å². The van der Waals surface area contributed by atoms with E-state index in [1.807, 2.05) is 11.7 Å². The molecule has 15 heavy (non-hydrogen) atoms. The number of hydrogen-bond acceptors (Lipinski definition) is 3. The Hall–Kier alpha value is -0.900. The second-order valence-electron chi connectivity index (χ2n) is 4.15. The standard InChI is InChI=1S/C11H22N4/c1-4-5-10(2)8-12-7-6-11-13-9-14-15(11)3/h9-10,12H,4-8H2,1-3H3. The van der Waals surface area contributed by atoms with Crippen LogP contribution in [0.15, 0.2) is 6.33 Å². The second-order valence-corrected chi connectivity index (χ2v) is 4.15. The van der Waals surface area contributed by atoms with Crippen molar-refractivity contribution in [1.29, 1.82) is 0 Å². The summed E-state index contributed by atoms with van der Waals surface area (Å²) in [6.07, 6.45) is 5.13. The normalized spacial score (nSPS) is 13.0. The Morgan fingerprint density at radius 3 is 2.93 bits per heavy atom. The second kappa shape index (κ2) is 6.56. The van der Waals surface area contributed by atoms with Crippen LogP contribution in [0, 0.1) is 5.92 Å². The van der Waals surface area contributed by atoms with Gasteiger partial charge in [-0.1, -0.05) is 20.3 Å². The summed E-state index contributed by atoms with van der Waals surface area (Å²) < 4.78 is 1.83. The molecule has 0 saturated heterocycles. The van der Waals surface area contributed by atoms with Crippen LogP contribution in [0.3, 0.4) is 0 Å². The van der Waals surface area contributed by atoms with E-state index in [4.69, 9.17) is 0 Å². The van der Waals surface area contributed by atoms with E-state index in [9.17, 15) is 0 Å². The number of aryl methyl sites for hydroxylation is 1. The van der Waals surface area contributed by atoms with Gasteiger partial charge in [0.2, 0.25) is 0 Å². The number of nitrogens with one attached hydrogen (secondary N) is 1. The van der Waals surface area contributed by atoms with Crippen molar-refractivity contribution >= 4 is 0 Å². The topological polar surface area (TPSA) is 42.7 Å². The summed E-state index contributed by atoms with van der Waals surface area (Å²) in [5.74, 6) is 1.82. The SMILES string of the molecule is CCCC(C)CNCCc1ncnn1C. The molecule has 1 atom stereocenters. The van der Waals surface area contributed by atoms with Crippen LogP contribution in [0.2, 0.25) is 0 Å². The van der Waals surface area contributed by atoms with Gasteiger partial charge in [0.05, 0.1) is 0 Å². The van der Waals surface area contributed by atoms with E-state index in [2.05, 4.69) is 29.2 Å². The third kappa shape index (κ3) is 4.42. The van der Waals surface area contributed by atoms with Gasteiger partial charge < -0.3 is 5.32 Å². The lowest BCUT2D eigenvalue weighted by atomic mass is 10.1. The van der Waals surface area contributed by atoms with Gasteiger partial charge in [0, 0.05) is 20.0 Å². The van der Waals surface area contributed by atoms with Gasteiger partial charge in [-0.15, -0.1) is 0 Å². The minimum absolute atomic E-state index is 0.773. The van der Waals surface area contributed by atoms with Crippen LogP contribution in [-0.2, 0) is 13.5 Å². The zero-order valence-electron chi connectivity index (χ0n) is 10.0. The summed E-state index contributed by atoms with van der Waals surface area (Å²) in [5.41, 5.74) is 0. The zero-order chi connectivity index (χ0) is 11.1. The molecule has 1 aromatic rings. The molecule has 0 amide bonds. The van der Waals surface area contributed by atoms with Crippen molar-refractivity contribution in [3.05, 3.63) is 12.2 Å². The van der Waals surface area contributed by atoms with Crippen LogP contribution < -0.4 is 5.32 Å². The van der Waals surface area contributed by atoms with Crippen LogP contribution in [0.5, 0.6) is 0 Å². The Bertz CT molecular complexity index is 269. The highest BCUT2D eigenvalue weighted by molar-refractivity contribution is 4.83. The number of aromatic nitrogens is 3. The van der Waals surface area contributed by atoms with Crippen LogP contribution >= 0.6 is 0 Å². The highest BCUT2D eigenvalue weighted by Gasteiger charge is 2.01. The molecular weight excluding hydrogens is 188 g/mol. The first kappa shape index (κ1) is 12.2. The molecule has 0 aromatic carbocycles. The molecule has 4 nitrogen and oxygen atoms in total. The maximum Gasteiger partial charge on any atom is 0.138 e. The van der Waals surface area contributed by atoms with E-state index < -0.39 is 0 Å². The average molecular weight is 210 g/mol. The molecule has 0 radical (unpaired) electrons. The van der Waals surface area contributed by atoms with Crippen LogP contribution in [0.4, 0.5) is 0 Å². The van der Waals surface area contributed by atoms with Gasteiger partial charge in [0.15, 0.2) is 0 Å². The molecule has 1 heterocycles. The van der Waals surface area contributed by atoms with E-state index >= 15 is 0 Å². The summed E-state index contributed by atoms with van der Waals surface area (Å²) >= 11 is 0. The third-order valence-electron chi connectivity index (χ3n) is 2.60. The lowest BCUT2D eigenvalue weighted by molar-refractivity contribution is 0.475. The molecule has 1 aromatic heterocycles. The first-order valence-corrected chi connectivity index (χ1v) is 5.77. The zero-order valence-corrected chi connectivity index (χ0v) is 10.0. The predicted octanol–water partition coefficient (Wildman–Crippen LogP) is 1.38. The molecule has 1 rings (SSSR count). The molecule has 0 aliphatic carbocycles. The summed E-state index contributed by atoms with van der Waals surface area (Å²) in [4.78, 5) is 4.18. The molecule has 1 unspecified atom stereocenters. The molecule has 0 aliphatic rings. The number of hydrogen-bond donors (Lipinski definition) is 1. The van der Waals surface area contributed by atoms with Crippen LogP contribution in [0.25, 0.3) is 0 Å². The van der Waals surface area contributed by atoms with E-state index in [-0.39, 0.29) is 0 Å². The van der Waals surface area contributed by atoms with Crippen LogP contribution in [-0.4, -0.2) is 27.9 Å². The smallest absolute Gasteiger partial charge is 0.138 e. The number of rotatable bonds is 7. The third-order valence-corrected chi connectivity index (χ3v) is 2.60. The maximum atomic E-state index is 4.18. The summed E-state index contributed by atoms with van der Waals surface area (Å²) in [7, 11) is 1.93. The summed E-state index contributed by atoms with van der Waals surface area (Å²) in [5, 5.41) is 7.49. The molecule has 4 heteroatoms. The lowest BCUT2D eigenvalue weighted by Gasteiger charge is -2.10. The molecular formula is C11H22N4. The first-order chi connectivity index (χ1) is 7.24. The van der Waals surface area contributed by atoms with Gasteiger partial charge in [-0.2, -0.15) is 5.10 Å². The molecule has 0 fully saturated rings. The maximum absolute atomic E-state index is 4.18. The van der Waals surface area contributed by atoms with E-state index in [0.29, 0.717) is 0 Å². The minimum Gasteiger partial charge on any atom is -0.316 e. The molecule has 0 spiro atoms. The van der Waals surface area contributed by atoms with Gasteiger partial charge in [-0.05, 0) is 18.9 Å². The van der Waals surface area contributed by atoms with Crippen molar-refractivity contribution in [2.24, 2.45) is 13.0 Å². The summed E-state index contributed by atoms with van der Waals surface area (Å²) in [6.45, 7) is 6.61. The Kier molecular flexibility index (Phi) is 5.32. The largest absolute Gasteiger partial charge is 0.316 e.